The van der Waals surface area contributed by atoms with Crippen molar-refractivity contribution >= 4 is 11.8 Å². The lowest BCUT2D eigenvalue weighted by Crippen LogP contribution is -2.58. The van der Waals surface area contributed by atoms with Crippen LogP contribution in [0.25, 0.3) is 0 Å². The van der Waals surface area contributed by atoms with E-state index in [1.165, 1.54) is 6.42 Å². The maximum Gasteiger partial charge on any atom is 0.251 e. The number of piperidine rings is 1. The molecule has 23 heavy (non-hydrogen) atoms. The summed E-state index contributed by atoms with van der Waals surface area (Å²) in [6, 6.07) is 0. The predicted octanol–water partition coefficient (Wildman–Crippen LogP) is 1.98. The number of rotatable bonds is 4. The molecule has 124 valence electrons. The Kier molecular flexibility index (Phi) is 4.39. The van der Waals surface area contributed by atoms with Gasteiger partial charge in [-0.3, -0.25) is 14.5 Å². The summed E-state index contributed by atoms with van der Waals surface area (Å²) >= 11 is 0. The Balaban J connectivity index is 1.56. The maximum absolute atomic E-state index is 11.9. The van der Waals surface area contributed by atoms with E-state index in [1.807, 2.05) is 19.9 Å². The highest BCUT2D eigenvalue weighted by Gasteiger charge is 2.42. The number of nitrogens with one attached hydrogen (secondary N) is 2. The fourth-order valence-corrected chi connectivity index (χ4v) is 3.64. The number of allylic oxidation sites excluding steroid dienone is 2. The standard InChI is InChI=1S/C18H25N3O2/c1-13-11-15(19-16(13)22)7-3-5-9-21-10-6-4-8-18(21)12-14(2)17(23)20-18/h7,11-12H,3-6,8-10H2,1-2H3,(H,19,22)(H,20,23). The Labute approximate surface area is 137 Å². The molecule has 0 aromatic carbocycles. The molecule has 3 rings (SSSR count). The molecule has 1 saturated heterocycles. The fourth-order valence-electron chi connectivity index (χ4n) is 3.64. The van der Waals surface area contributed by atoms with E-state index < -0.39 is 0 Å². The molecule has 1 fully saturated rings. The molecule has 2 N–H and O–H groups in total. The van der Waals surface area contributed by atoms with Gasteiger partial charge < -0.3 is 10.6 Å². The van der Waals surface area contributed by atoms with Crippen LogP contribution in [0, 0.1) is 0 Å². The average Bonchev–Trinajstić information content (AvgIpc) is 2.97. The molecule has 2 amide bonds. The Morgan fingerprint density at radius 1 is 1.22 bits per heavy atom. The van der Waals surface area contributed by atoms with Crippen LogP contribution in [-0.4, -0.2) is 35.5 Å². The Morgan fingerprint density at radius 2 is 2.04 bits per heavy atom. The molecule has 3 aliphatic rings. The summed E-state index contributed by atoms with van der Waals surface area (Å²) in [6.07, 6.45) is 11.3. The van der Waals surface area contributed by atoms with Gasteiger partial charge in [-0.05, 0) is 58.1 Å². The molecule has 5 heteroatoms. The van der Waals surface area contributed by atoms with E-state index in [4.69, 9.17) is 0 Å². The normalized spacial score (nSPS) is 29.7. The minimum absolute atomic E-state index is 0.000476. The lowest BCUT2D eigenvalue weighted by molar-refractivity contribution is -0.120. The first kappa shape index (κ1) is 16.0. The van der Waals surface area contributed by atoms with Crippen molar-refractivity contribution in [2.75, 3.05) is 13.1 Å². The number of hydrogen-bond acceptors (Lipinski definition) is 3. The molecule has 0 aliphatic carbocycles. The summed E-state index contributed by atoms with van der Waals surface area (Å²) < 4.78 is 0. The molecule has 5 nitrogen and oxygen atoms in total. The van der Waals surface area contributed by atoms with E-state index in [-0.39, 0.29) is 17.5 Å². The highest BCUT2D eigenvalue weighted by atomic mass is 16.2. The van der Waals surface area contributed by atoms with Crippen LogP contribution in [0.5, 0.6) is 0 Å². The smallest absolute Gasteiger partial charge is 0.251 e. The van der Waals surface area contributed by atoms with Crippen molar-refractivity contribution in [3.63, 3.8) is 0 Å². The molecule has 1 atom stereocenters. The van der Waals surface area contributed by atoms with Gasteiger partial charge in [-0.15, -0.1) is 0 Å². The molecular weight excluding hydrogens is 290 g/mol. The van der Waals surface area contributed by atoms with Gasteiger partial charge in [-0.1, -0.05) is 6.08 Å². The summed E-state index contributed by atoms with van der Waals surface area (Å²) in [5.74, 6) is 0.0637. The lowest BCUT2D eigenvalue weighted by atomic mass is 9.95. The molecule has 0 saturated carbocycles. The predicted molar refractivity (Wildman–Crippen MR) is 89.3 cm³/mol. The summed E-state index contributed by atoms with van der Waals surface area (Å²) in [6.45, 7) is 5.69. The molecule has 3 aliphatic heterocycles. The molecule has 0 aromatic heterocycles. The zero-order valence-corrected chi connectivity index (χ0v) is 13.9. The van der Waals surface area contributed by atoms with Crippen LogP contribution in [0.2, 0.25) is 0 Å². The molecule has 0 aromatic rings. The monoisotopic (exact) mass is 315 g/mol. The summed E-state index contributed by atoms with van der Waals surface area (Å²) in [7, 11) is 0. The van der Waals surface area contributed by atoms with Gasteiger partial charge in [-0.2, -0.15) is 0 Å². The maximum atomic E-state index is 11.9. The third-order valence-electron chi connectivity index (χ3n) is 4.93. The number of unbranched alkanes of at least 4 members (excludes halogenated alkanes) is 1. The summed E-state index contributed by atoms with van der Waals surface area (Å²) in [4.78, 5) is 25.7. The van der Waals surface area contributed by atoms with Gasteiger partial charge >= 0.3 is 0 Å². The van der Waals surface area contributed by atoms with E-state index in [2.05, 4.69) is 27.7 Å². The second-order valence-electron chi connectivity index (χ2n) is 6.73. The van der Waals surface area contributed by atoms with Gasteiger partial charge in [0.05, 0.1) is 0 Å². The van der Waals surface area contributed by atoms with Crippen molar-refractivity contribution < 1.29 is 9.59 Å². The zero-order valence-electron chi connectivity index (χ0n) is 13.9. The number of hydrogen-bond donors (Lipinski definition) is 2. The number of nitrogens with zero attached hydrogens (tertiary/aromatic N) is 1. The molecule has 0 bridgehead atoms. The van der Waals surface area contributed by atoms with E-state index in [0.29, 0.717) is 0 Å². The van der Waals surface area contributed by atoms with Crippen molar-refractivity contribution in [3.05, 3.63) is 35.1 Å². The van der Waals surface area contributed by atoms with E-state index >= 15 is 0 Å². The van der Waals surface area contributed by atoms with Crippen LogP contribution in [0.1, 0.15) is 46.0 Å². The first-order valence-electron chi connectivity index (χ1n) is 8.47. The quantitative estimate of drug-likeness (QED) is 0.780. The molecule has 0 radical (unpaired) electrons. The first-order valence-corrected chi connectivity index (χ1v) is 8.47. The summed E-state index contributed by atoms with van der Waals surface area (Å²) in [5.41, 5.74) is 2.24. The lowest BCUT2D eigenvalue weighted by Gasteiger charge is -2.43. The van der Waals surface area contributed by atoms with Crippen molar-refractivity contribution in [2.24, 2.45) is 0 Å². The number of carbonyl (C=O) groups excluding carboxylic acids is 2. The van der Waals surface area contributed by atoms with Crippen molar-refractivity contribution in [1.29, 1.82) is 0 Å². The van der Waals surface area contributed by atoms with E-state index in [1.54, 1.807) is 0 Å². The van der Waals surface area contributed by atoms with Crippen LogP contribution >= 0.6 is 0 Å². The summed E-state index contributed by atoms with van der Waals surface area (Å²) in [5, 5.41) is 6.03. The van der Waals surface area contributed by atoms with Crippen LogP contribution < -0.4 is 10.6 Å². The van der Waals surface area contributed by atoms with E-state index in [9.17, 15) is 9.59 Å². The minimum atomic E-state index is -0.259. The van der Waals surface area contributed by atoms with Gasteiger partial charge in [0.2, 0.25) is 5.91 Å². The van der Waals surface area contributed by atoms with Gasteiger partial charge in [-0.25, -0.2) is 0 Å². The Bertz CT molecular complexity index is 618. The number of carbonyl (C=O) groups is 2. The average molecular weight is 315 g/mol. The first-order chi connectivity index (χ1) is 11.0. The third kappa shape index (κ3) is 3.24. The zero-order chi connectivity index (χ0) is 16.4. The largest absolute Gasteiger partial charge is 0.331 e. The number of amides is 2. The van der Waals surface area contributed by atoms with Gasteiger partial charge in [0.1, 0.15) is 5.66 Å². The molecular formula is C18H25N3O2. The minimum Gasteiger partial charge on any atom is -0.331 e. The van der Waals surface area contributed by atoms with Crippen LogP contribution in [0.3, 0.4) is 0 Å². The van der Waals surface area contributed by atoms with Crippen LogP contribution in [0.15, 0.2) is 35.1 Å². The van der Waals surface area contributed by atoms with Crippen LogP contribution in [0.4, 0.5) is 0 Å². The van der Waals surface area contributed by atoms with E-state index in [0.717, 1.165) is 55.6 Å². The highest BCUT2D eigenvalue weighted by molar-refractivity contribution is 5.98. The topological polar surface area (TPSA) is 61.4 Å². The fraction of sp³-hybridized carbons (Fsp3) is 0.556. The van der Waals surface area contributed by atoms with Gasteiger partial charge in [0, 0.05) is 29.9 Å². The third-order valence-corrected chi connectivity index (χ3v) is 4.93. The van der Waals surface area contributed by atoms with Crippen molar-refractivity contribution in [3.8, 4) is 0 Å². The molecule has 1 spiro atoms. The second kappa shape index (κ2) is 6.32. The SMILES string of the molecule is CC1=CC(=CCCCN2CCCCC23C=C(C)C(=O)N3)NC1=O. The molecule has 3 heterocycles. The second-order valence-corrected chi connectivity index (χ2v) is 6.73. The highest BCUT2D eigenvalue weighted by Crippen LogP contribution is 2.32. The number of likely N-dealkylation sites (tertiary alicyclic amines) is 1. The van der Waals surface area contributed by atoms with Gasteiger partial charge in [0.25, 0.3) is 5.91 Å². The molecule has 1 unspecified atom stereocenters. The van der Waals surface area contributed by atoms with Crippen molar-refractivity contribution in [1.82, 2.24) is 15.5 Å². The Morgan fingerprint density at radius 3 is 2.70 bits per heavy atom. The van der Waals surface area contributed by atoms with Gasteiger partial charge in [0.15, 0.2) is 0 Å². The Hall–Kier alpha value is -1.88. The van der Waals surface area contributed by atoms with Crippen LogP contribution in [-0.2, 0) is 9.59 Å². The van der Waals surface area contributed by atoms with Crippen molar-refractivity contribution in [2.45, 2.75) is 51.6 Å².